The van der Waals surface area contributed by atoms with Crippen molar-refractivity contribution in [3.8, 4) is 5.88 Å². The summed E-state index contributed by atoms with van der Waals surface area (Å²) in [7, 11) is 1.64. The number of hydrogen-bond acceptors (Lipinski definition) is 7. The van der Waals surface area contributed by atoms with Gasteiger partial charge in [0.25, 0.3) is 0 Å². The first-order valence-corrected chi connectivity index (χ1v) is 9.00. The number of rotatable bonds is 5. The lowest BCUT2D eigenvalue weighted by Gasteiger charge is -2.30. The molecule has 1 aliphatic heterocycles. The number of imidazole rings is 1. The number of methoxy groups -OCH3 is 1. The van der Waals surface area contributed by atoms with Crippen LogP contribution in [0.1, 0.15) is 19.3 Å². The average Bonchev–Trinajstić information content (AvgIpc) is 3.19. The lowest BCUT2D eigenvalue weighted by Crippen LogP contribution is -2.40. The Morgan fingerprint density at radius 2 is 1.88 bits per heavy atom. The molecule has 8 heteroatoms. The fourth-order valence-electron chi connectivity index (χ4n) is 3.83. The van der Waals surface area contributed by atoms with Crippen LogP contribution in [0.15, 0.2) is 37.2 Å². The summed E-state index contributed by atoms with van der Waals surface area (Å²) >= 11 is 0. The highest BCUT2D eigenvalue weighted by Crippen LogP contribution is 2.36. The quantitative estimate of drug-likeness (QED) is 0.694. The fraction of sp³-hybridized carbons (Fsp3) is 0.444. The number of anilines is 2. The Hall–Kier alpha value is -2.90. The molecule has 1 aliphatic carbocycles. The monoisotopic (exact) mass is 351 g/mol. The van der Waals surface area contributed by atoms with E-state index >= 15 is 0 Å². The number of aromatic nitrogens is 5. The second-order valence-electron chi connectivity index (χ2n) is 6.85. The van der Waals surface area contributed by atoms with Crippen molar-refractivity contribution in [3.05, 3.63) is 37.2 Å². The van der Waals surface area contributed by atoms with Crippen molar-refractivity contribution < 1.29 is 4.74 Å². The molecule has 0 aromatic carbocycles. The van der Waals surface area contributed by atoms with Crippen LogP contribution in [0.25, 0.3) is 5.65 Å². The van der Waals surface area contributed by atoms with E-state index in [1.54, 1.807) is 13.4 Å². The molecular weight excluding hydrogens is 330 g/mol. The van der Waals surface area contributed by atoms with Gasteiger partial charge in [0.15, 0.2) is 11.5 Å². The van der Waals surface area contributed by atoms with Gasteiger partial charge in [0.05, 0.1) is 7.11 Å². The molecule has 26 heavy (non-hydrogen) atoms. The van der Waals surface area contributed by atoms with Gasteiger partial charge in [-0.25, -0.2) is 19.9 Å². The molecule has 0 N–H and O–H groups in total. The van der Waals surface area contributed by atoms with E-state index in [1.165, 1.54) is 12.8 Å². The summed E-state index contributed by atoms with van der Waals surface area (Å²) in [6, 6.07) is 2.91. The van der Waals surface area contributed by atoms with Crippen molar-refractivity contribution in [3.63, 3.8) is 0 Å². The van der Waals surface area contributed by atoms with Crippen LogP contribution in [0.5, 0.6) is 5.88 Å². The van der Waals surface area contributed by atoms with Crippen molar-refractivity contribution in [2.45, 2.75) is 31.3 Å². The zero-order chi connectivity index (χ0) is 17.5. The summed E-state index contributed by atoms with van der Waals surface area (Å²) in [6.07, 6.45) is 12.6. The lowest BCUT2D eigenvalue weighted by atomic mass is 10.2. The molecule has 1 atom stereocenters. The maximum Gasteiger partial charge on any atom is 0.218 e. The third-order valence-corrected chi connectivity index (χ3v) is 5.19. The zero-order valence-corrected chi connectivity index (χ0v) is 14.7. The van der Waals surface area contributed by atoms with Gasteiger partial charge in [-0.2, -0.15) is 0 Å². The van der Waals surface area contributed by atoms with Crippen LogP contribution in [0.4, 0.5) is 11.6 Å². The molecule has 4 heterocycles. The van der Waals surface area contributed by atoms with E-state index in [2.05, 4.69) is 29.7 Å². The first-order chi connectivity index (χ1) is 12.8. The second kappa shape index (κ2) is 6.12. The highest BCUT2D eigenvalue weighted by Gasteiger charge is 2.39. The normalized spacial score (nSPS) is 19.9. The first-order valence-electron chi connectivity index (χ1n) is 9.00. The van der Waals surface area contributed by atoms with Gasteiger partial charge >= 0.3 is 0 Å². The van der Waals surface area contributed by atoms with Crippen LogP contribution in [-0.2, 0) is 0 Å². The molecule has 0 spiro atoms. The van der Waals surface area contributed by atoms with E-state index in [0.717, 1.165) is 36.8 Å². The highest BCUT2D eigenvalue weighted by molar-refractivity contribution is 5.65. The summed E-state index contributed by atoms with van der Waals surface area (Å²) in [5, 5.41) is 0. The minimum absolute atomic E-state index is 0.402. The van der Waals surface area contributed by atoms with Crippen LogP contribution in [0.2, 0.25) is 0 Å². The predicted molar refractivity (Wildman–Crippen MR) is 97.7 cm³/mol. The van der Waals surface area contributed by atoms with Gasteiger partial charge in [0.1, 0.15) is 12.1 Å². The van der Waals surface area contributed by atoms with Crippen molar-refractivity contribution >= 4 is 17.3 Å². The highest BCUT2D eigenvalue weighted by atomic mass is 16.5. The fourth-order valence-corrected chi connectivity index (χ4v) is 3.83. The van der Waals surface area contributed by atoms with Gasteiger partial charge in [-0.3, -0.25) is 0 Å². The van der Waals surface area contributed by atoms with Gasteiger partial charge in [0.2, 0.25) is 5.88 Å². The summed E-state index contributed by atoms with van der Waals surface area (Å²) in [5.74, 6) is 2.52. The Morgan fingerprint density at radius 3 is 2.69 bits per heavy atom. The Labute approximate surface area is 151 Å². The predicted octanol–water partition coefficient (Wildman–Crippen LogP) is 1.78. The van der Waals surface area contributed by atoms with E-state index in [1.807, 2.05) is 35.3 Å². The second-order valence-corrected chi connectivity index (χ2v) is 6.85. The Balaban J connectivity index is 1.42. The van der Waals surface area contributed by atoms with Crippen molar-refractivity contribution in [1.29, 1.82) is 0 Å². The number of nitrogens with zero attached hydrogens (tertiary/aromatic N) is 7. The summed E-state index contributed by atoms with van der Waals surface area (Å²) in [6.45, 7) is 1.89. The molecule has 2 fully saturated rings. The Bertz CT molecular complexity index is 923. The van der Waals surface area contributed by atoms with E-state index in [9.17, 15) is 0 Å². The number of fused-ring (bicyclic) bond motifs is 1. The smallest absolute Gasteiger partial charge is 0.218 e. The number of hydrogen-bond donors (Lipinski definition) is 0. The molecule has 0 amide bonds. The molecule has 1 unspecified atom stereocenters. The minimum atomic E-state index is 0.402. The third-order valence-electron chi connectivity index (χ3n) is 5.19. The van der Waals surface area contributed by atoms with Crippen molar-refractivity contribution in [2.24, 2.45) is 0 Å². The van der Waals surface area contributed by atoms with E-state index < -0.39 is 0 Å². The maximum atomic E-state index is 5.29. The van der Waals surface area contributed by atoms with Crippen LogP contribution >= 0.6 is 0 Å². The average molecular weight is 351 g/mol. The standard InChI is InChI=1S/C18H21N7O/c1-26-16-10-15(21-12-22-16)25(13-2-3-13)14-4-7-24(11-14)18-17-19-5-8-23(17)9-6-20-18/h5-6,8-10,12-14H,2-4,7,11H2,1H3. The van der Waals surface area contributed by atoms with E-state index in [4.69, 9.17) is 4.74 Å². The van der Waals surface area contributed by atoms with Crippen LogP contribution in [0, 0.1) is 0 Å². The SMILES string of the molecule is COc1cc(N(C2CC2)C2CCN(c3nccn4ccnc34)C2)ncn1. The molecule has 3 aromatic heterocycles. The molecule has 0 bridgehead atoms. The lowest BCUT2D eigenvalue weighted by molar-refractivity contribution is 0.396. The number of ether oxygens (including phenoxy) is 1. The molecular formula is C18H21N7O. The molecule has 3 aromatic rings. The van der Waals surface area contributed by atoms with Gasteiger partial charge < -0.3 is 18.9 Å². The van der Waals surface area contributed by atoms with Crippen LogP contribution < -0.4 is 14.5 Å². The Morgan fingerprint density at radius 1 is 1.04 bits per heavy atom. The Kier molecular flexibility index (Phi) is 3.62. The van der Waals surface area contributed by atoms with Gasteiger partial charge in [-0.15, -0.1) is 0 Å². The van der Waals surface area contributed by atoms with Crippen LogP contribution in [-0.4, -0.2) is 56.6 Å². The molecule has 1 saturated heterocycles. The molecule has 5 rings (SSSR count). The van der Waals surface area contributed by atoms with E-state index in [0.29, 0.717) is 18.0 Å². The van der Waals surface area contributed by atoms with Gasteiger partial charge in [-0.1, -0.05) is 0 Å². The summed E-state index contributed by atoms with van der Waals surface area (Å²) in [5.41, 5.74) is 0.912. The van der Waals surface area contributed by atoms with Crippen molar-refractivity contribution in [1.82, 2.24) is 24.3 Å². The molecule has 1 saturated carbocycles. The maximum absolute atomic E-state index is 5.29. The summed E-state index contributed by atoms with van der Waals surface area (Å²) < 4.78 is 7.31. The zero-order valence-electron chi connectivity index (χ0n) is 14.7. The van der Waals surface area contributed by atoms with Gasteiger partial charge in [0, 0.05) is 56.0 Å². The van der Waals surface area contributed by atoms with E-state index in [-0.39, 0.29) is 0 Å². The minimum Gasteiger partial charge on any atom is -0.481 e. The molecule has 134 valence electrons. The van der Waals surface area contributed by atoms with Crippen molar-refractivity contribution in [2.75, 3.05) is 30.0 Å². The summed E-state index contributed by atoms with van der Waals surface area (Å²) in [4.78, 5) is 22.5. The molecule has 0 radical (unpaired) electrons. The topological polar surface area (TPSA) is 71.7 Å². The third kappa shape index (κ3) is 2.61. The molecule has 2 aliphatic rings. The first kappa shape index (κ1) is 15.4. The van der Waals surface area contributed by atoms with Gasteiger partial charge in [-0.05, 0) is 19.3 Å². The largest absolute Gasteiger partial charge is 0.481 e. The molecule has 8 nitrogen and oxygen atoms in total. The van der Waals surface area contributed by atoms with Crippen LogP contribution in [0.3, 0.4) is 0 Å².